The number of allylic oxidation sites excluding steroid dienone is 2. The number of rotatable bonds is 41. The molecule has 3 unspecified atom stereocenters. The fraction of sp³-hybridized carbons (Fsp3) is 0.913. The number of esters is 1. The van der Waals surface area contributed by atoms with Crippen LogP contribution >= 0.6 is 0 Å². The summed E-state index contributed by atoms with van der Waals surface area (Å²) >= 11 is 0. The van der Waals surface area contributed by atoms with Gasteiger partial charge in [-0.25, -0.2) is 0 Å². The smallest absolute Gasteiger partial charge is 0.306 e. The minimum atomic E-state index is -0.781. The van der Waals surface area contributed by atoms with Crippen LogP contribution in [0.15, 0.2) is 12.2 Å². The summed E-state index contributed by atoms with van der Waals surface area (Å²) in [5.41, 5.74) is 0. The van der Waals surface area contributed by atoms with Crippen molar-refractivity contribution < 1.29 is 24.5 Å². The zero-order valence-electron chi connectivity index (χ0n) is 35.0. The maximum Gasteiger partial charge on any atom is 0.306 e. The number of nitrogens with one attached hydrogen (secondary N) is 1. The molecule has 6 heteroatoms. The molecule has 0 bridgehead atoms. The largest absolute Gasteiger partial charge is 0.462 e. The molecule has 3 N–H and O–H groups in total. The Kier molecular flexibility index (Phi) is 39.7. The van der Waals surface area contributed by atoms with Crippen LogP contribution in [-0.4, -0.2) is 46.9 Å². The summed E-state index contributed by atoms with van der Waals surface area (Å²) in [6.07, 6.45) is 42.7. The molecule has 6 nitrogen and oxygen atoms in total. The van der Waals surface area contributed by atoms with E-state index in [1.807, 2.05) is 0 Å². The van der Waals surface area contributed by atoms with E-state index in [9.17, 15) is 19.8 Å². The van der Waals surface area contributed by atoms with Crippen molar-refractivity contribution in [3.63, 3.8) is 0 Å². The van der Waals surface area contributed by atoms with Gasteiger partial charge < -0.3 is 20.3 Å². The van der Waals surface area contributed by atoms with Crippen molar-refractivity contribution in [2.45, 2.75) is 264 Å². The van der Waals surface area contributed by atoms with Gasteiger partial charge in [0.2, 0.25) is 5.91 Å². The van der Waals surface area contributed by atoms with Crippen molar-refractivity contribution in [2.24, 2.45) is 0 Å². The van der Waals surface area contributed by atoms with E-state index in [1.165, 1.54) is 135 Å². The van der Waals surface area contributed by atoms with Gasteiger partial charge in [0, 0.05) is 6.42 Å². The lowest BCUT2D eigenvalue weighted by molar-refractivity contribution is -0.151. The van der Waals surface area contributed by atoms with Gasteiger partial charge in [-0.05, 0) is 51.4 Å². The Morgan fingerprint density at radius 3 is 1.38 bits per heavy atom. The minimum absolute atomic E-state index is 0.0777. The minimum Gasteiger partial charge on any atom is -0.462 e. The number of amides is 1. The van der Waals surface area contributed by atoms with Crippen molar-refractivity contribution >= 4 is 11.9 Å². The lowest BCUT2D eigenvalue weighted by Crippen LogP contribution is -2.46. The number of unbranched alkanes of at least 4 members (excludes halogenated alkanes) is 27. The van der Waals surface area contributed by atoms with E-state index in [-0.39, 0.29) is 24.9 Å². The second-order valence-corrected chi connectivity index (χ2v) is 15.8. The van der Waals surface area contributed by atoms with Crippen LogP contribution in [0.4, 0.5) is 0 Å². The molecule has 0 aromatic carbocycles. The topological polar surface area (TPSA) is 95.9 Å². The first-order valence-corrected chi connectivity index (χ1v) is 22.9. The first-order chi connectivity index (χ1) is 25.5. The highest BCUT2D eigenvalue weighted by molar-refractivity contribution is 5.77. The third-order valence-corrected chi connectivity index (χ3v) is 10.6. The maximum absolute atomic E-state index is 13.1. The van der Waals surface area contributed by atoms with Crippen molar-refractivity contribution in [3.8, 4) is 0 Å². The highest BCUT2D eigenvalue weighted by Crippen LogP contribution is 2.17. The van der Waals surface area contributed by atoms with Crippen LogP contribution in [0.25, 0.3) is 0 Å². The average Bonchev–Trinajstić information content (AvgIpc) is 3.13. The Labute approximate surface area is 323 Å². The summed E-state index contributed by atoms with van der Waals surface area (Å²) in [6.45, 7) is 6.44. The van der Waals surface area contributed by atoms with Crippen LogP contribution in [0.2, 0.25) is 0 Å². The molecule has 0 saturated carbocycles. The van der Waals surface area contributed by atoms with Gasteiger partial charge in [-0.1, -0.05) is 193 Å². The molecule has 0 spiro atoms. The van der Waals surface area contributed by atoms with Gasteiger partial charge in [0.15, 0.2) is 0 Å². The Hall–Kier alpha value is -1.40. The molecule has 0 heterocycles. The SMILES string of the molecule is CCCCCC/C=C\CCCCCCCC(CC(=O)NC(CO)C(O)CCCCCCCCCCC)OC(=O)CCCCCCCCCCCCC. The number of ether oxygens (including phenoxy) is 1. The van der Waals surface area contributed by atoms with Gasteiger partial charge >= 0.3 is 5.97 Å². The van der Waals surface area contributed by atoms with Crippen LogP contribution in [0, 0.1) is 0 Å². The van der Waals surface area contributed by atoms with Crippen LogP contribution in [0.5, 0.6) is 0 Å². The molecule has 308 valence electrons. The molecule has 52 heavy (non-hydrogen) atoms. The predicted molar refractivity (Wildman–Crippen MR) is 223 cm³/mol. The average molecular weight is 736 g/mol. The van der Waals surface area contributed by atoms with Gasteiger partial charge in [-0.15, -0.1) is 0 Å². The Bertz CT molecular complexity index is 787. The van der Waals surface area contributed by atoms with Gasteiger partial charge in [-0.2, -0.15) is 0 Å². The van der Waals surface area contributed by atoms with Crippen LogP contribution in [0.3, 0.4) is 0 Å². The van der Waals surface area contributed by atoms with E-state index >= 15 is 0 Å². The normalized spacial score (nSPS) is 13.4. The summed E-state index contributed by atoms with van der Waals surface area (Å²) in [6, 6.07) is -0.695. The summed E-state index contributed by atoms with van der Waals surface area (Å²) < 4.78 is 5.90. The third-order valence-electron chi connectivity index (χ3n) is 10.6. The van der Waals surface area contributed by atoms with Crippen molar-refractivity contribution in [1.82, 2.24) is 5.32 Å². The van der Waals surface area contributed by atoms with E-state index in [1.54, 1.807) is 0 Å². The predicted octanol–water partition coefficient (Wildman–Crippen LogP) is 13.0. The number of hydrogen-bond acceptors (Lipinski definition) is 5. The lowest BCUT2D eigenvalue weighted by atomic mass is 10.0. The number of carbonyl (C=O) groups is 2. The quantitative estimate of drug-likeness (QED) is 0.0330. The monoisotopic (exact) mass is 736 g/mol. The molecule has 0 fully saturated rings. The molecule has 0 aliphatic heterocycles. The fourth-order valence-electron chi connectivity index (χ4n) is 7.07. The molecule has 0 aromatic heterocycles. The Morgan fingerprint density at radius 1 is 0.538 bits per heavy atom. The Balaban J connectivity index is 4.59. The van der Waals surface area contributed by atoms with E-state index in [4.69, 9.17) is 4.74 Å². The third kappa shape index (κ3) is 35.6. The van der Waals surface area contributed by atoms with E-state index in [2.05, 4.69) is 38.2 Å². The highest BCUT2D eigenvalue weighted by atomic mass is 16.5. The van der Waals surface area contributed by atoms with Gasteiger partial charge in [0.25, 0.3) is 0 Å². The number of carbonyl (C=O) groups excluding carboxylic acids is 2. The highest BCUT2D eigenvalue weighted by Gasteiger charge is 2.24. The molecule has 0 aromatic rings. The van der Waals surface area contributed by atoms with Gasteiger partial charge in [0.05, 0.1) is 25.2 Å². The summed E-state index contributed by atoms with van der Waals surface area (Å²) in [5.74, 6) is -0.474. The molecule has 0 aliphatic carbocycles. The zero-order chi connectivity index (χ0) is 38.2. The molecule has 0 saturated heterocycles. The molecule has 0 aliphatic rings. The second kappa shape index (κ2) is 40.8. The van der Waals surface area contributed by atoms with E-state index in [0.29, 0.717) is 19.3 Å². The van der Waals surface area contributed by atoms with Crippen LogP contribution in [0.1, 0.15) is 245 Å². The zero-order valence-corrected chi connectivity index (χ0v) is 35.0. The first kappa shape index (κ1) is 50.6. The van der Waals surface area contributed by atoms with Crippen molar-refractivity contribution in [3.05, 3.63) is 12.2 Å². The van der Waals surface area contributed by atoms with E-state index < -0.39 is 18.2 Å². The van der Waals surface area contributed by atoms with E-state index in [0.717, 1.165) is 64.2 Å². The van der Waals surface area contributed by atoms with Crippen LogP contribution in [-0.2, 0) is 14.3 Å². The summed E-state index contributed by atoms with van der Waals surface area (Å²) in [4.78, 5) is 25.9. The molecular formula is C46H89NO5. The Morgan fingerprint density at radius 2 is 0.923 bits per heavy atom. The summed E-state index contributed by atoms with van der Waals surface area (Å²) in [7, 11) is 0. The molecule has 1 amide bonds. The molecule has 0 radical (unpaired) electrons. The second-order valence-electron chi connectivity index (χ2n) is 15.8. The first-order valence-electron chi connectivity index (χ1n) is 22.9. The van der Waals surface area contributed by atoms with Crippen molar-refractivity contribution in [2.75, 3.05) is 6.61 Å². The molecule has 0 rings (SSSR count). The van der Waals surface area contributed by atoms with Crippen molar-refractivity contribution in [1.29, 1.82) is 0 Å². The number of hydrogen-bond donors (Lipinski definition) is 3. The molecular weight excluding hydrogens is 647 g/mol. The fourth-order valence-corrected chi connectivity index (χ4v) is 7.07. The van der Waals surface area contributed by atoms with Crippen LogP contribution < -0.4 is 5.32 Å². The summed E-state index contributed by atoms with van der Waals surface area (Å²) in [5, 5.41) is 23.6. The number of aliphatic hydroxyl groups excluding tert-OH is 2. The van der Waals surface area contributed by atoms with Gasteiger partial charge in [-0.3, -0.25) is 9.59 Å². The van der Waals surface area contributed by atoms with Gasteiger partial charge in [0.1, 0.15) is 6.10 Å². The standard InChI is InChI=1S/C46H89NO5/c1-4-7-10-13-16-19-21-22-24-26-28-31-34-37-42(52-46(51)39-36-33-30-27-23-20-17-14-11-8-5-2)40-45(50)47-43(41-48)44(49)38-35-32-29-25-18-15-12-9-6-3/h19,21,42-44,48-49H,4-18,20,22-41H2,1-3H3,(H,47,50)/b21-19-. The maximum atomic E-state index is 13.1. The molecule has 3 atom stereocenters. The number of aliphatic hydroxyl groups is 2. The lowest BCUT2D eigenvalue weighted by Gasteiger charge is -2.24.